The molecule has 0 spiro atoms. The van der Waals surface area contributed by atoms with Gasteiger partial charge in [0.2, 0.25) is 0 Å². The normalized spacial score (nSPS) is 13.6. The molecule has 0 saturated carbocycles. The van der Waals surface area contributed by atoms with Crippen LogP contribution in [0.2, 0.25) is 0 Å². The van der Waals surface area contributed by atoms with E-state index in [9.17, 15) is 14.7 Å². The molecule has 0 radical (unpaired) electrons. The Hall–Kier alpha value is -4.52. The lowest BCUT2D eigenvalue weighted by Gasteiger charge is -2.16. The van der Waals surface area contributed by atoms with Crippen LogP contribution in [0.3, 0.4) is 0 Å². The highest BCUT2D eigenvalue weighted by molar-refractivity contribution is 6.53. The molecular formula is C30H28N4O3. The van der Waals surface area contributed by atoms with E-state index >= 15 is 0 Å². The Morgan fingerprint density at radius 3 is 2.38 bits per heavy atom. The van der Waals surface area contributed by atoms with Crippen LogP contribution in [0.15, 0.2) is 79.1 Å². The zero-order valence-electron chi connectivity index (χ0n) is 21.1. The molecule has 186 valence electrons. The zero-order valence-corrected chi connectivity index (χ0v) is 21.1. The second-order valence-corrected chi connectivity index (χ2v) is 9.11. The lowest BCUT2D eigenvalue weighted by Crippen LogP contribution is -2.40. The van der Waals surface area contributed by atoms with Gasteiger partial charge in [-0.2, -0.15) is 9.67 Å². The summed E-state index contributed by atoms with van der Waals surface area (Å²) in [4.78, 5) is 29.2. The summed E-state index contributed by atoms with van der Waals surface area (Å²) in [5, 5.41) is 18.5. The van der Waals surface area contributed by atoms with Crippen molar-refractivity contribution >= 4 is 28.8 Å². The molecule has 0 unspecified atom stereocenters. The number of hydrogen-bond acceptors (Lipinski definition) is 4. The molecule has 1 aliphatic heterocycles. The molecule has 0 bridgehead atoms. The smallest absolute Gasteiger partial charge is 0.331 e. The third kappa shape index (κ3) is 4.22. The number of anilines is 1. The number of imide groups is 1. The standard InChI is InChI=1S/C30H28N4O3/c1-4-11-24-25(29(36)34(31-24)22-14-7-6-8-15-22)26-27(32-17-10-13-21(5-2)19-32)30(37)33(28(26)35)23-16-9-12-20(3)18-23/h6-10,12-19H,4-5,11H2,1-3H3. The number of carbonyl (C=O) groups excluding carboxylic acids is 2. The molecule has 0 saturated heterocycles. The molecule has 0 aliphatic carbocycles. The Labute approximate surface area is 215 Å². The first-order valence-corrected chi connectivity index (χ1v) is 12.5. The quantitative estimate of drug-likeness (QED) is 0.288. The first-order chi connectivity index (χ1) is 17.9. The molecule has 2 amide bonds. The average Bonchev–Trinajstić information content (AvgIpc) is 3.36. The highest BCUT2D eigenvalue weighted by Gasteiger charge is 2.47. The average molecular weight is 493 g/mol. The van der Waals surface area contributed by atoms with Gasteiger partial charge in [0.05, 0.1) is 17.1 Å². The first kappa shape index (κ1) is 24.2. The molecule has 1 aliphatic rings. The third-order valence-electron chi connectivity index (χ3n) is 6.50. The number of aromatic nitrogens is 3. The Morgan fingerprint density at radius 1 is 0.919 bits per heavy atom. The fourth-order valence-corrected chi connectivity index (χ4v) is 4.71. The van der Waals surface area contributed by atoms with Gasteiger partial charge in [0.25, 0.3) is 11.6 Å². The number of nitrogens with zero attached hydrogens (tertiary/aromatic N) is 4. The molecule has 7 heteroatoms. The van der Waals surface area contributed by atoms with Crippen molar-refractivity contribution in [1.29, 1.82) is 0 Å². The van der Waals surface area contributed by atoms with E-state index in [0.29, 0.717) is 23.5 Å². The number of rotatable bonds is 7. The number of amides is 2. The van der Waals surface area contributed by atoms with Gasteiger partial charge in [0, 0.05) is 17.2 Å². The fourth-order valence-electron chi connectivity index (χ4n) is 4.71. The maximum atomic E-state index is 14.1. The largest absolute Gasteiger partial charge is 0.858 e. The second-order valence-electron chi connectivity index (χ2n) is 9.11. The van der Waals surface area contributed by atoms with Gasteiger partial charge in [0.15, 0.2) is 12.4 Å². The summed E-state index contributed by atoms with van der Waals surface area (Å²) in [6, 6.07) is 20.2. The Balaban J connectivity index is 1.79. The summed E-state index contributed by atoms with van der Waals surface area (Å²) in [7, 11) is 0. The van der Waals surface area contributed by atoms with Crippen molar-refractivity contribution in [3.63, 3.8) is 0 Å². The predicted octanol–water partition coefficient (Wildman–Crippen LogP) is 4.00. The van der Waals surface area contributed by atoms with Crippen molar-refractivity contribution in [3.05, 3.63) is 102 Å². The van der Waals surface area contributed by atoms with Crippen LogP contribution in [0.25, 0.3) is 17.0 Å². The van der Waals surface area contributed by atoms with Gasteiger partial charge in [-0.25, -0.2) is 9.58 Å². The number of aryl methyl sites for hydroxylation is 3. The minimum Gasteiger partial charge on any atom is -0.858 e. The van der Waals surface area contributed by atoms with Gasteiger partial charge in [-0.3, -0.25) is 9.59 Å². The number of pyridine rings is 1. The van der Waals surface area contributed by atoms with Crippen LogP contribution in [0.4, 0.5) is 5.69 Å². The van der Waals surface area contributed by atoms with Gasteiger partial charge in [-0.05, 0) is 61.5 Å². The summed E-state index contributed by atoms with van der Waals surface area (Å²) in [5.74, 6) is -1.41. The van der Waals surface area contributed by atoms with E-state index < -0.39 is 17.7 Å². The topological polar surface area (TPSA) is 82.1 Å². The van der Waals surface area contributed by atoms with E-state index in [4.69, 9.17) is 0 Å². The summed E-state index contributed by atoms with van der Waals surface area (Å²) >= 11 is 0. The molecule has 7 nitrogen and oxygen atoms in total. The summed E-state index contributed by atoms with van der Waals surface area (Å²) in [6.45, 7) is 5.92. The molecule has 0 N–H and O–H groups in total. The number of carbonyl (C=O) groups is 2. The van der Waals surface area contributed by atoms with Crippen LogP contribution in [-0.4, -0.2) is 21.6 Å². The van der Waals surface area contributed by atoms with E-state index in [-0.39, 0.29) is 16.8 Å². The monoisotopic (exact) mass is 492 g/mol. The van der Waals surface area contributed by atoms with Crippen LogP contribution in [0, 0.1) is 6.92 Å². The minimum atomic E-state index is -0.526. The van der Waals surface area contributed by atoms with E-state index in [1.807, 2.05) is 69.4 Å². The maximum absolute atomic E-state index is 14.1. The van der Waals surface area contributed by atoms with Gasteiger partial charge in [0.1, 0.15) is 5.57 Å². The third-order valence-corrected chi connectivity index (χ3v) is 6.50. The van der Waals surface area contributed by atoms with Crippen molar-refractivity contribution in [2.24, 2.45) is 0 Å². The number of hydrogen-bond donors (Lipinski definition) is 0. The molecular weight excluding hydrogens is 464 g/mol. The van der Waals surface area contributed by atoms with Gasteiger partial charge < -0.3 is 5.11 Å². The van der Waals surface area contributed by atoms with Crippen molar-refractivity contribution in [2.75, 3.05) is 4.90 Å². The maximum Gasteiger partial charge on any atom is 0.331 e. The lowest BCUT2D eigenvalue weighted by atomic mass is 10.0. The molecule has 5 rings (SSSR count). The predicted molar refractivity (Wildman–Crippen MR) is 140 cm³/mol. The van der Waals surface area contributed by atoms with Gasteiger partial charge in [-0.15, -0.1) is 0 Å². The van der Waals surface area contributed by atoms with Crippen molar-refractivity contribution in [3.8, 4) is 11.6 Å². The fraction of sp³-hybridized carbons (Fsp3) is 0.200. The van der Waals surface area contributed by atoms with E-state index in [0.717, 1.165) is 28.9 Å². The van der Waals surface area contributed by atoms with Crippen LogP contribution >= 0.6 is 0 Å². The summed E-state index contributed by atoms with van der Waals surface area (Å²) < 4.78 is 2.99. The van der Waals surface area contributed by atoms with Crippen LogP contribution in [-0.2, 0) is 22.4 Å². The molecule has 0 fully saturated rings. The van der Waals surface area contributed by atoms with Crippen LogP contribution in [0.1, 0.15) is 42.7 Å². The second kappa shape index (κ2) is 9.85. The molecule has 37 heavy (non-hydrogen) atoms. The van der Waals surface area contributed by atoms with Gasteiger partial charge >= 0.3 is 5.91 Å². The highest BCUT2D eigenvalue weighted by atomic mass is 16.3. The zero-order chi connectivity index (χ0) is 26.1. The van der Waals surface area contributed by atoms with Gasteiger partial charge in [-0.1, -0.05) is 50.6 Å². The Kier molecular flexibility index (Phi) is 6.44. The molecule has 3 heterocycles. The highest BCUT2D eigenvalue weighted by Crippen LogP contribution is 2.39. The number of benzene rings is 2. The summed E-state index contributed by atoms with van der Waals surface area (Å²) in [6.07, 6.45) is 5.56. The summed E-state index contributed by atoms with van der Waals surface area (Å²) in [5.41, 5.74) is 3.92. The number of para-hydroxylation sites is 1. The minimum absolute atomic E-state index is 0.0837. The molecule has 2 aromatic carbocycles. The Bertz CT molecular complexity index is 1540. The SMILES string of the molecule is CCCc1nn(-c2ccccc2)c([O-])c1C1=C([n+]2cccc(CC)c2)C(=O)N(c2cccc(C)c2)C1=O. The Morgan fingerprint density at radius 2 is 1.68 bits per heavy atom. The van der Waals surface area contributed by atoms with E-state index in [1.54, 1.807) is 35.0 Å². The lowest BCUT2D eigenvalue weighted by molar-refractivity contribution is -0.577. The van der Waals surface area contributed by atoms with E-state index in [2.05, 4.69) is 5.10 Å². The van der Waals surface area contributed by atoms with Crippen LogP contribution < -0.4 is 14.6 Å². The van der Waals surface area contributed by atoms with Crippen molar-refractivity contribution in [1.82, 2.24) is 9.78 Å². The molecule has 2 aromatic heterocycles. The molecule has 0 atom stereocenters. The van der Waals surface area contributed by atoms with E-state index in [1.165, 1.54) is 4.68 Å². The van der Waals surface area contributed by atoms with Crippen LogP contribution in [0.5, 0.6) is 5.88 Å². The van der Waals surface area contributed by atoms with Crippen molar-refractivity contribution in [2.45, 2.75) is 40.0 Å². The van der Waals surface area contributed by atoms with Crippen molar-refractivity contribution < 1.29 is 19.3 Å². The molecule has 4 aromatic rings. The first-order valence-electron chi connectivity index (χ1n) is 12.5.